The predicted octanol–water partition coefficient (Wildman–Crippen LogP) is -4.79. The van der Waals surface area contributed by atoms with Crippen molar-refractivity contribution < 1.29 is 30.3 Å². The summed E-state index contributed by atoms with van der Waals surface area (Å²) < 4.78 is 0. The summed E-state index contributed by atoms with van der Waals surface area (Å²) in [7, 11) is 0. The van der Waals surface area contributed by atoms with E-state index >= 15 is 0 Å². The second-order valence-corrected chi connectivity index (χ2v) is 2.09. The predicted molar refractivity (Wildman–Crippen MR) is 33.6 cm³/mol. The minimum absolute atomic E-state index is 0.403. The van der Waals surface area contributed by atoms with Gasteiger partial charge in [-0.1, -0.05) is 0 Å². The molecule has 0 rings (SSSR count). The molecule has 7 nitrogen and oxygen atoms in total. The van der Waals surface area contributed by atoms with Crippen molar-refractivity contribution >= 4 is 6.16 Å². The van der Waals surface area contributed by atoms with E-state index in [0.717, 1.165) is 0 Å². The smallest absolute Gasteiger partial charge is 0.0856 e. The van der Waals surface area contributed by atoms with E-state index in [0.29, 0.717) is 0 Å². The topological polar surface area (TPSA) is 150 Å². The van der Waals surface area contributed by atoms with Crippen LogP contribution in [0.4, 0.5) is 4.79 Å². The van der Waals surface area contributed by atoms with E-state index in [4.69, 9.17) is 36.1 Å². The first-order chi connectivity index (χ1) is 5.41. The highest BCUT2D eigenvalue weighted by Crippen LogP contribution is 1.93. The number of carboxylic acid groups (broad SMARTS) is 2. The minimum atomic E-state index is -2.33. The maximum atomic E-state index is 8.34. The van der Waals surface area contributed by atoms with E-state index in [-0.39, 0.29) is 0 Å². The van der Waals surface area contributed by atoms with Gasteiger partial charge in [-0.25, -0.2) is 0 Å². The second kappa shape index (κ2) is 6.80. The van der Waals surface area contributed by atoms with Crippen molar-refractivity contribution in [3.8, 4) is 0 Å². The van der Waals surface area contributed by atoms with Crippen LogP contribution in [0.1, 0.15) is 0 Å². The van der Waals surface area contributed by atoms with Crippen LogP contribution in [-0.4, -0.2) is 46.8 Å². The molecule has 0 bridgehead atoms. The second-order valence-electron chi connectivity index (χ2n) is 2.09. The fraction of sp³-hybridized carbons (Fsp3) is 0.800. The molecule has 0 spiro atoms. The van der Waals surface area contributed by atoms with E-state index in [9.17, 15) is 0 Å². The minimum Gasteiger partial charge on any atom is -0.652 e. The fourth-order valence-electron chi connectivity index (χ4n) is 0.150. The SMILES string of the molecule is NC(CO)(CO)CO.O=C([O-])[O-]. The van der Waals surface area contributed by atoms with Gasteiger partial charge in [0, 0.05) is 0 Å². The fourth-order valence-corrected chi connectivity index (χ4v) is 0.150. The first-order valence-electron chi connectivity index (χ1n) is 2.91. The lowest BCUT2D eigenvalue weighted by molar-refractivity contribution is -0.415. The number of aliphatic hydroxyl groups is 3. The zero-order chi connectivity index (χ0) is 10.2. The summed E-state index contributed by atoms with van der Waals surface area (Å²) in [6.45, 7) is -1.21. The molecule has 0 aromatic rings. The molecular weight excluding hydrogens is 170 g/mol. The van der Waals surface area contributed by atoms with Crippen LogP contribution in [0.5, 0.6) is 0 Å². The molecule has 0 fully saturated rings. The quantitative estimate of drug-likeness (QED) is 0.341. The Bertz CT molecular complexity index is 111. The van der Waals surface area contributed by atoms with Crippen molar-refractivity contribution in [3.05, 3.63) is 0 Å². The molecule has 0 aliphatic carbocycles. The van der Waals surface area contributed by atoms with Crippen LogP contribution in [0.2, 0.25) is 0 Å². The molecule has 0 saturated heterocycles. The maximum Gasteiger partial charge on any atom is 0.0856 e. The average molecular weight is 181 g/mol. The average Bonchev–Trinajstić information content (AvgIpc) is 2.02. The number of aliphatic hydroxyl groups excluding tert-OH is 3. The number of nitrogens with two attached hydrogens (primary N) is 1. The maximum absolute atomic E-state index is 8.34. The summed E-state index contributed by atoms with van der Waals surface area (Å²) in [5, 5.41) is 41.7. The first kappa shape index (κ1) is 13.7. The normalized spacial score (nSPS) is 10.0. The van der Waals surface area contributed by atoms with Gasteiger partial charge in [0.05, 0.1) is 25.4 Å². The van der Waals surface area contributed by atoms with Crippen LogP contribution in [0.3, 0.4) is 0 Å². The number of hydrogen-bond acceptors (Lipinski definition) is 7. The molecule has 0 amide bonds. The molecule has 0 aromatic heterocycles. The third-order valence-electron chi connectivity index (χ3n) is 0.945. The van der Waals surface area contributed by atoms with E-state index in [1.54, 1.807) is 0 Å². The lowest BCUT2D eigenvalue weighted by Gasteiger charge is -2.20. The Kier molecular flexibility index (Phi) is 7.75. The molecule has 0 heterocycles. The van der Waals surface area contributed by atoms with E-state index in [1.165, 1.54) is 0 Å². The lowest BCUT2D eigenvalue weighted by atomic mass is 10.1. The van der Waals surface area contributed by atoms with E-state index in [1.807, 2.05) is 0 Å². The van der Waals surface area contributed by atoms with Crippen molar-refractivity contribution in [1.82, 2.24) is 0 Å². The van der Waals surface area contributed by atoms with Gasteiger partial charge in [0.2, 0.25) is 0 Å². The monoisotopic (exact) mass is 181 g/mol. The highest BCUT2D eigenvalue weighted by Gasteiger charge is 2.20. The molecule has 0 aliphatic heterocycles. The Morgan fingerprint density at radius 2 is 1.33 bits per heavy atom. The van der Waals surface area contributed by atoms with Crippen LogP contribution in [0.25, 0.3) is 0 Å². The number of rotatable bonds is 3. The molecular formula is C5H11NO6-2. The Morgan fingerprint density at radius 1 is 1.17 bits per heavy atom. The number of hydrogen-bond donors (Lipinski definition) is 4. The van der Waals surface area contributed by atoms with Gasteiger partial charge in [0.1, 0.15) is 0 Å². The van der Waals surface area contributed by atoms with E-state index < -0.39 is 31.5 Å². The van der Waals surface area contributed by atoms with Gasteiger partial charge in [0.15, 0.2) is 0 Å². The van der Waals surface area contributed by atoms with Crippen molar-refractivity contribution in [2.24, 2.45) is 5.73 Å². The summed E-state index contributed by atoms with van der Waals surface area (Å²) in [6.07, 6.45) is -2.33. The highest BCUT2D eigenvalue weighted by molar-refractivity contribution is 5.47. The molecule has 7 heteroatoms. The van der Waals surface area contributed by atoms with Gasteiger partial charge < -0.3 is 36.1 Å². The molecule has 12 heavy (non-hydrogen) atoms. The van der Waals surface area contributed by atoms with Crippen LogP contribution < -0.4 is 15.9 Å². The molecule has 0 aliphatic rings. The molecule has 0 aromatic carbocycles. The molecule has 74 valence electrons. The van der Waals surface area contributed by atoms with Gasteiger partial charge in [-0.2, -0.15) is 0 Å². The highest BCUT2D eigenvalue weighted by atomic mass is 16.6. The van der Waals surface area contributed by atoms with Gasteiger partial charge in [-0.15, -0.1) is 0 Å². The van der Waals surface area contributed by atoms with Crippen LogP contribution in [0, 0.1) is 0 Å². The van der Waals surface area contributed by atoms with Crippen molar-refractivity contribution in [1.29, 1.82) is 0 Å². The zero-order valence-corrected chi connectivity index (χ0v) is 6.27. The zero-order valence-electron chi connectivity index (χ0n) is 6.27. The molecule has 5 N–H and O–H groups in total. The first-order valence-corrected chi connectivity index (χ1v) is 2.91. The molecule has 0 radical (unpaired) electrons. The van der Waals surface area contributed by atoms with Crippen molar-refractivity contribution in [3.63, 3.8) is 0 Å². The number of carbonyl (C=O) groups excluding carboxylic acids is 1. The van der Waals surface area contributed by atoms with Gasteiger partial charge in [0.25, 0.3) is 0 Å². The largest absolute Gasteiger partial charge is 0.652 e. The Hall–Kier alpha value is -0.890. The number of carbonyl (C=O) groups is 1. The van der Waals surface area contributed by atoms with Crippen molar-refractivity contribution in [2.75, 3.05) is 19.8 Å². The summed E-state index contributed by atoms with van der Waals surface area (Å²) in [5.74, 6) is 0. The van der Waals surface area contributed by atoms with Crippen LogP contribution in [0.15, 0.2) is 0 Å². The lowest BCUT2D eigenvalue weighted by Crippen LogP contribution is -2.50. The third-order valence-corrected chi connectivity index (χ3v) is 0.945. The van der Waals surface area contributed by atoms with Gasteiger partial charge >= 0.3 is 0 Å². The van der Waals surface area contributed by atoms with Gasteiger partial charge in [-0.3, -0.25) is 0 Å². The summed E-state index contributed by atoms with van der Waals surface area (Å²) in [4.78, 5) is 8.33. The van der Waals surface area contributed by atoms with Crippen LogP contribution in [-0.2, 0) is 0 Å². The Morgan fingerprint density at radius 3 is 1.33 bits per heavy atom. The molecule has 0 unspecified atom stereocenters. The summed E-state index contributed by atoms with van der Waals surface area (Å²) in [6, 6.07) is 0. The van der Waals surface area contributed by atoms with Crippen molar-refractivity contribution in [2.45, 2.75) is 5.54 Å². The third kappa shape index (κ3) is 9.11. The molecule has 0 saturated carbocycles. The Balaban J connectivity index is 0. The standard InChI is InChI=1S/C4H11NO3.CH2O3/c5-4(1-6,2-7)3-8;2-1(3)4/h6-8H,1-3,5H2;(H2,2,3,4)/p-2. The van der Waals surface area contributed by atoms with Gasteiger partial charge in [-0.05, 0) is 6.16 Å². The summed E-state index contributed by atoms with van der Waals surface area (Å²) >= 11 is 0. The molecule has 0 atom stereocenters. The Labute approximate surface area is 68.7 Å². The van der Waals surface area contributed by atoms with Crippen LogP contribution >= 0.6 is 0 Å². The summed E-state index contributed by atoms with van der Waals surface area (Å²) in [5.41, 5.74) is 3.94. The van der Waals surface area contributed by atoms with E-state index in [2.05, 4.69) is 0 Å².